The summed E-state index contributed by atoms with van der Waals surface area (Å²) >= 11 is 0. The molecule has 110 valence electrons. The molecule has 0 atom stereocenters. The van der Waals surface area contributed by atoms with Crippen LogP contribution in [0.5, 0.6) is 0 Å². The lowest BCUT2D eigenvalue weighted by Gasteiger charge is -2.07. The number of hydrogen-bond acceptors (Lipinski definition) is 3. The third-order valence-corrected chi connectivity index (χ3v) is 3.34. The number of halogens is 3. The van der Waals surface area contributed by atoms with E-state index in [0.717, 1.165) is 25.0 Å². The first kappa shape index (κ1) is 13.7. The fraction of sp³-hybridized carbons (Fsp3) is 0.286. The van der Waals surface area contributed by atoms with Gasteiger partial charge in [-0.3, -0.25) is 0 Å². The van der Waals surface area contributed by atoms with Crippen LogP contribution in [0, 0.1) is 0 Å². The van der Waals surface area contributed by atoms with Gasteiger partial charge in [0.15, 0.2) is 5.76 Å². The summed E-state index contributed by atoms with van der Waals surface area (Å²) in [7, 11) is 0. The van der Waals surface area contributed by atoms with E-state index in [1.54, 1.807) is 0 Å². The van der Waals surface area contributed by atoms with Crippen LogP contribution >= 0.6 is 0 Å². The number of benzene rings is 1. The quantitative estimate of drug-likeness (QED) is 0.932. The molecule has 1 aromatic carbocycles. The lowest BCUT2D eigenvalue weighted by atomic mass is 10.0. The Morgan fingerprint density at radius 3 is 2.62 bits per heavy atom. The number of carboxylic acid groups (broad SMARTS) is 1. The third kappa shape index (κ3) is 2.51. The molecule has 1 aromatic heterocycles. The highest BCUT2D eigenvalue weighted by atomic mass is 19.4. The first-order valence-electron chi connectivity index (χ1n) is 6.28. The average Bonchev–Trinajstić information content (AvgIpc) is 3.16. The zero-order chi connectivity index (χ0) is 15.2. The first-order chi connectivity index (χ1) is 9.88. The Morgan fingerprint density at radius 2 is 2.05 bits per heavy atom. The Morgan fingerprint density at radius 1 is 1.33 bits per heavy atom. The number of aromatic nitrogens is 1. The molecule has 1 aliphatic carbocycles. The fourth-order valence-electron chi connectivity index (χ4n) is 2.17. The van der Waals surface area contributed by atoms with Gasteiger partial charge in [0.25, 0.3) is 0 Å². The molecule has 1 fully saturated rings. The van der Waals surface area contributed by atoms with Crippen molar-refractivity contribution in [2.75, 3.05) is 0 Å². The van der Waals surface area contributed by atoms with Gasteiger partial charge in [0.05, 0.1) is 5.56 Å². The molecule has 21 heavy (non-hydrogen) atoms. The molecule has 1 N–H and O–H groups in total. The van der Waals surface area contributed by atoms with E-state index in [0.29, 0.717) is 0 Å². The predicted molar refractivity (Wildman–Crippen MR) is 65.9 cm³/mol. The van der Waals surface area contributed by atoms with Crippen molar-refractivity contribution in [1.29, 1.82) is 0 Å². The van der Waals surface area contributed by atoms with Crippen LogP contribution < -0.4 is 0 Å². The van der Waals surface area contributed by atoms with E-state index in [1.165, 1.54) is 12.1 Å². The SMILES string of the molecule is O=C(O)c1c(-c2cccc(C(F)(F)F)c2)noc1C1CC1. The summed E-state index contributed by atoms with van der Waals surface area (Å²) in [6, 6.07) is 4.40. The highest BCUT2D eigenvalue weighted by molar-refractivity contribution is 5.96. The molecule has 0 spiro atoms. The van der Waals surface area contributed by atoms with E-state index in [1.807, 2.05) is 0 Å². The van der Waals surface area contributed by atoms with Gasteiger partial charge in [0.2, 0.25) is 0 Å². The van der Waals surface area contributed by atoms with Crippen LogP contribution in [-0.4, -0.2) is 16.2 Å². The molecular weight excluding hydrogens is 287 g/mol. The smallest absolute Gasteiger partial charge is 0.416 e. The maximum atomic E-state index is 12.7. The fourth-order valence-corrected chi connectivity index (χ4v) is 2.17. The Labute approximate surface area is 117 Å². The zero-order valence-corrected chi connectivity index (χ0v) is 10.6. The lowest BCUT2D eigenvalue weighted by molar-refractivity contribution is -0.137. The van der Waals surface area contributed by atoms with Gasteiger partial charge in [0, 0.05) is 11.5 Å². The summed E-state index contributed by atoms with van der Waals surface area (Å²) < 4.78 is 43.2. The van der Waals surface area contributed by atoms with Gasteiger partial charge in [-0.05, 0) is 25.0 Å². The third-order valence-electron chi connectivity index (χ3n) is 3.34. The van der Waals surface area contributed by atoms with E-state index < -0.39 is 17.7 Å². The number of rotatable bonds is 3. The number of aromatic carboxylic acids is 1. The Balaban J connectivity index is 2.10. The van der Waals surface area contributed by atoms with E-state index >= 15 is 0 Å². The Kier molecular flexibility index (Phi) is 3.00. The molecule has 3 rings (SSSR count). The Hall–Kier alpha value is -2.31. The lowest BCUT2D eigenvalue weighted by Crippen LogP contribution is -2.05. The largest absolute Gasteiger partial charge is 0.477 e. The highest BCUT2D eigenvalue weighted by Crippen LogP contribution is 2.44. The van der Waals surface area contributed by atoms with Gasteiger partial charge in [-0.2, -0.15) is 13.2 Å². The molecule has 7 heteroatoms. The van der Waals surface area contributed by atoms with E-state index in [4.69, 9.17) is 4.52 Å². The van der Waals surface area contributed by atoms with Crippen LogP contribution in [0.15, 0.2) is 28.8 Å². The van der Waals surface area contributed by atoms with E-state index in [2.05, 4.69) is 5.16 Å². The summed E-state index contributed by atoms with van der Waals surface area (Å²) in [5.74, 6) is -0.997. The zero-order valence-electron chi connectivity index (χ0n) is 10.6. The van der Waals surface area contributed by atoms with Crippen molar-refractivity contribution < 1.29 is 27.6 Å². The Bertz CT molecular complexity index is 702. The van der Waals surface area contributed by atoms with Crippen LogP contribution in [0.2, 0.25) is 0 Å². The number of hydrogen-bond donors (Lipinski definition) is 1. The van der Waals surface area contributed by atoms with Crippen LogP contribution in [0.25, 0.3) is 11.3 Å². The number of carboxylic acids is 1. The van der Waals surface area contributed by atoms with Crippen molar-refractivity contribution in [2.45, 2.75) is 24.9 Å². The van der Waals surface area contributed by atoms with Crippen molar-refractivity contribution in [3.8, 4) is 11.3 Å². The van der Waals surface area contributed by atoms with Crippen LogP contribution in [0.4, 0.5) is 13.2 Å². The van der Waals surface area contributed by atoms with Crippen molar-refractivity contribution in [3.63, 3.8) is 0 Å². The molecule has 0 bridgehead atoms. The van der Waals surface area contributed by atoms with Crippen LogP contribution in [0.1, 0.15) is 40.4 Å². The summed E-state index contributed by atoms with van der Waals surface area (Å²) in [5.41, 5.74) is -0.975. The van der Waals surface area contributed by atoms with Gasteiger partial charge >= 0.3 is 12.1 Å². The van der Waals surface area contributed by atoms with Gasteiger partial charge in [-0.25, -0.2) is 4.79 Å². The predicted octanol–water partition coefficient (Wildman–Crippen LogP) is 3.94. The molecule has 1 heterocycles. The first-order valence-corrected chi connectivity index (χ1v) is 6.28. The summed E-state index contributed by atoms with van der Waals surface area (Å²) in [5, 5.41) is 12.9. The topological polar surface area (TPSA) is 63.3 Å². The normalized spacial score (nSPS) is 15.2. The van der Waals surface area contributed by atoms with Crippen molar-refractivity contribution in [3.05, 3.63) is 41.2 Å². The molecular formula is C14H10F3NO3. The number of nitrogens with zero attached hydrogens (tertiary/aromatic N) is 1. The average molecular weight is 297 g/mol. The van der Waals surface area contributed by atoms with Crippen LogP contribution in [0.3, 0.4) is 0 Å². The molecule has 4 nitrogen and oxygen atoms in total. The minimum Gasteiger partial charge on any atom is -0.477 e. The maximum Gasteiger partial charge on any atom is 0.416 e. The standard InChI is InChI=1S/C14H10F3NO3/c15-14(16,17)9-3-1-2-8(6-9)11-10(13(19)20)12(21-18-11)7-4-5-7/h1-3,6-7H,4-5H2,(H,19,20). The van der Waals surface area contributed by atoms with Gasteiger partial charge in [0.1, 0.15) is 11.3 Å². The van der Waals surface area contributed by atoms with E-state index in [-0.39, 0.29) is 28.5 Å². The molecule has 2 aromatic rings. The van der Waals surface area contributed by atoms with Crippen molar-refractivity contribution >= 4 is 5.97 Å². The molecule has 0 radical (unpaired) electrons. The molecule has 0 unspecified atom stereocenters. The highest BCUT2D eigenvalue weighted by Gasteiger charge is 2.36. The van der Waals surface area contributed by atoms with Crippen LogP contribution in [-0.2, 0) is 6.18 Å². The van der Waals surface area contributed by atoms with Crippen molar-refractivity contribution in [2.24, 2.45) is 0 Å². The van der Waals surface area contributed by atoms with Crippen molar-refractivity contribution in [1.82, 2.24) is 5.16 Å². The minimum absolute atomic E-state index is 0.00292. The van der Waals surface area contributed by atoms with Gasteiger partial charge in [-0.15, -0.1) is 0 Å². The second kappa shape index (κ2) is 4.61. The molecule has 0 saturated heterocycles. The molecule has 0 aliphatic heterocycles. The number of carbonyl (C=O) groups is 1. The molecule has 1 saturated carbocycles. The van der Waals surface area contributed by atoms with Gasteiger partial charge in [-0.1, -0.05) is 17.3 Å². The molecule has 1 aliphatic rings. The molecule has 0 amide bonds. The summed E-state index contributed by atoms with van der Waals surface area (Å²) in [6.45, 7) is 0. The van der Waals surface area contributed by atoms with E-state index in [9.17, 15) is 23.1 Å². The number of alkyl halides is 3. The minimum atomic E-state index is -4.50. The second-order valence-electron chi connectivity index (χ2n) is 4.93. The summed E-state index contributed by atoms with van der Waals surface area (Å²) in [6.07, 6.45) is -2.89. The summed E-state index contributed by atoms with van der Waals surface area (Å²) in [4.78, 5) is 11.4. The second-order valence-corrected chi connectivity index (χ2v) is 4.93. The monoisotopic (exact) mass is 297 g/mol. The van der Waals surface area contributed by atoms with Gasteiger partial charge < -0.3 is 9.63 Å². The maximum absolute atomic E-state index is 12.7.